The summed E-state index contributed by atoms with van der Waals surface area (Å²) in [5.41, 5.74) is 4.04. The number of allylic oxidation sites excluding steroid dienone is 1. The standard InChI is InChI=1S/C12H14O/c1-3-9-7-10-5-4-6-11(10)8-12(9)13-2/h4-5,7-8H,3,6H2,1-2H3. The van der Waals surface area contributed by atoms with Crippen molar-refractivity contribution in [1.82, 2.24) is 0 Å². The lowest BCUT2D eigenvalue weighted by Crippen LogP contribution is -1.93. The molecule has 1 aliphatic rings. The van der Waals surface area contributed by atoms with Crippen LogP contribution in [0.15, 0.2) is 18.2 Å². The second-order valence-electron chi connectivity index (χ2n) is 3.32. The molecule has 0 aromatic heterocycles. The predicted molar refractivity (Wildman–Crippen MR) is 55.1 cm³/mol. The van der Waals surface area contributed by atoms with Crippen molar-refractivity contribution in [3.05, 3.63) is 34.9 Å². The fourth-order valence-corrected chi connectivity index (χ4v) is 1.80. The maximum Gasteiger partial charge on any atom is 0.122 e. The first kappa shape index (κ1) is 8.36. The van der Waals surface area contributed by atoms with Gasteiger partial charge in [-0.25, -0.2) is 0 Å². The van der Waals surface area contributed by atoms with Crippen LogP contribution in [0.5, 0.6) is 5.75 Å². The molecule has 1 nitrogen and oxygen atoms in total. The lowest BCUT2D eigenvalue weighted by atomic mass is 10.0. The summed E-state index contributed by atoms with van der Waals surface area (Å²) in [7, 11) is 1.74. The molecule has 1 heteroatoms. The van der Waals surface area contributed by atoms with Crippen LogP contribution in [0.25, 0.3) is 6.08 Å². The van der Waals surface area contributed by atoms with Gasteiger partial charge in [-0.3, -0.25) is 0 Å². The highest BCUT2D eigenvalue weighted by atomic mass is 16.5. The van der Waals surface area contributed by atoms with E-state index in [0.29, 0.717) is 0 Å². The van der Waals surface area contributed by atoms with Crippen molar-refractivity contribution in [3.63, 3.8) is 0 Å². The van der Waals surface area contributed by atoms with Gasteiger partial charge in [-0.05, 0) is 41.7 Å². The molecule has 0 bridgehead atoms. The Bertz CT molecular complexity index is 350. The molecule has 2 rings (SSSR count). The molecule has 0 saturated carbocycles. The van der Waals surface area contributed by atoms with E-state index in [1.165, 1.54) is 16.7 Å². The highest BCUT2D eigenvalue weighted by Crippen LogP contribution is 2.28. The van der Waals surface area contributed by atoms with E-state index < -0.39 is 0 Å². The summed E-state index contributed by atoms with van der Waals surface area (Å²) < 4.78 is 5.33. The van der Waals surface area contributed by atoms with Crippen LogP contribution in [0.3, 0.4) is 0 Å². The van der Waals surface area contributed by atoms with Gasteiger partial charge in [0.1, 0.15) is 5.75 Å². The second kappa shape index (κ2) is 3.25. The van der Waals surface area contributed by atoms with Gasteiger partial charge in [-0.15, -0.1) is 0 Å². The van der Waals surface area contributed by atoms with Crippen molar-refractivity contribution in [2.45, 2.75) is 19.8 Å². The topological polar surface area (TPSA) is 9.23 Å². The number of rotatable bonds is 2. The first-order valence-electron chi connectivity index (χ1n) is 4.71. The fourth-order valence-electron chi connectivity index (χ4n) is 1.80. The van der Waals surface area contributed by atoms with Crippen LogP contribution in [0.1, 0.15) is 23.6 Å². The van der Waals surface area contributed by atoms with Crippen LogP contribution in [-0.4, -0.2) is 7.11 Å². The minimum atomic E-state index is 1.03. The summed E-state index contributed by atoms with van der Waals surface area (Å²) in [6.45, 7) is 2.16. The highest BCUT2D eigenvalue weighted by Gasteiger charge is 2.09. The summed E-state index contributed by atoms with van der Waals surface area (Å²) in [4.78, 5) is 0. The Morgan fingerprint density at radius 3 is 2.92 bits per heavy atom. The molecule has 0 heterocycles. The third kappa shape index (κ3) is 1.35. The van der Waals surface area contributed by atoms with Crippen LogP contribution in [-0.2, 0) is 12.8 Å². The van der Waals surface area contributed by atoms with E-state index in [-0.39, 0.29) is 0 Å². The van der Waals surface area contributed by atoms with Crippen molar-refractivity contribution in [1.29, 1.82) is 0 Å². The zero-order valence-corrected chi connectivity index (χ0v) is 8.13. The van der Waals surface area contributed by atoms with E-state index in [9.17, 15) is 0 Å². The van der Waals surface area contributed by atoms with Gasteiger partial charge >= 0.3 is 0 Å². The Hall–Kier alpha value is -1.24. The van der Waals surface area contributed by atoms with Crippen LogP contribution < -0.4 is 4.74 Å². The summed E-state index contributed by atoms with van der Waals surface area (Å²) in [6, 6.07) is 4.39. The van der Waals surface area contributed by atoms with Gasteiger partial charge in [0.05, 0.1) is 7.11 Å². The Morgan fingerprint density at radius 2 is 2.23 bits per heavy atom. The first-order chi connectivity index (χ1) is 6.35. The fraction of sp³-hybridized carbons (Fsp3) is 0.333. The van der Waals surface area contributed by atoms with E-state index in [2.05, 4.69) is 31.2 Å². The first-order valence-corrected chi connectivity index (χ1v) is 4.71. The number of hydrogen-bond donors (Lipinski definition) is 0. The van der Waals surface area contributed by atoms with Gasteiger partial charge < -0.3 is 4.74 Å². The molecule has 0 unspecified atom stereocenters. The van der Waals surface area contributed by atoms with Gasteiger partial charge in [0.15, 0.2) is 0 Å². The quantitative estimate of drug-likeness (QED) is 0.670. The lowest BCUT2D eigenvalue weighted by molar-refractivity contribution is 0.409. The van der Waals surface area contributed by atoms with E-state index in [1.807, 2.05) is 0 Å². The van der Waals surface area contributed by atoms with Crippen molar-refractivity contribution in [2.75, 3.05) is 7.11 Å². The predicted octanol–water partition coefficient (Wildman–Crippen LogP) is 2.83. The molecular formula is C12H14O. The molecule has 68 valence electrons. The van der Waals surface area contributed by atoms with Crippen LogP contribution in [0.2, 0.25) is 0 Å². The Labute approximate surface area is 79.0 Å². The Balaban J connectivity index is 2.51. The second-order valence-corrected chi connectivity index (χ2v) is 3.32. The van der Waals surface area contributed by atoms with E-state index in [4.69, 9.17) is 4.74 Å². The van der Waals surface area contributed by atoms with Crippen LogP contribution in [0, 0.1) is 0 Å². The number of hydrogen-bond acceptors (Lipinski definition) is 1. The zero-order chi connectivity index (χ0) is 9.26. The van der Waals surface area contributed by atoms with E-state index in [0.717, 1.165) is 18.6 Å². The average Bonchev–Trinajstić information content (AvgIpc) is 2.62. The van der Waals surface area contributed by atoms with Crippen molar-refractivity contribution >= 4 is 6.08 Å². The molecule has 0 radical (unpaired) electrons. The Kier molecular flexibility index (Phi) is 2.09. The monoisotopic (exact) mass is 174 g/mol. The molecule has 1 aromatic rings. The van der Waals surface area contributed by atoms with Crippen molar-refractivity contribution in [2.24, 2.45) is 0 Å². The summed E-state index contributed by atoms with van der Waals surface area (Å²) in [5, 5.41) is 0. The minimum absolute atomic E-state index is 1.03. The zero-order valence-electron chi connectivity index (χ0n) is 8.13. The van der Waals surface area contributed by atoms with Gasteiger partial charge in [0.2, 0.25) is 0 Å². The number of methoxy groups -OCH3 is 1. The number of benzene rings is 1. The lowest BCUT2D eigenvalue weighted by Gasteiger charge is -2.09. The number of aryl methyl sites for hydroxylation is 1. The van der Waals surface area contributed by atoms with Crippen LogP contribution >= 0.6 is 0 Å². The van der Waals surface area contributed by atoms with Crippen LogP contribution in [0.4, 0.5) is 0 Å². The molecule has 0 spiro atoms. The molecule has 0 N–H and O–H groups in total. The van der Waals surface area contributed by atoms with Gasteiger partial charge in [0, 0.05) is 0 Å². The molecule has 0 saturated heterocycles. The molecule has 0 atom stereocenters. The molecule has 0 amide bonds. The van der Waals surface area contributed by atoms with Gasteiger partial charge in [-0.2, -0.15) is 0 Å². The molecule has 0 fully saturated rings. The van der Waals surface area contributed by atoms with Gasteiger partial charge in [-0.1, -0.05) is 19.1 Å². The van der Waals surface area contributed by atoms with Gasteiger partial charge in [0.25, 0.3) is 0 Å². The summed E-state index contributed by atoms with van der Waals surface area (Å²) in [6.07, 6.45) is 6.47. The number of fused-ring (bicyclic) bond motifs is 1. The summed E-state index contributed by atoms with van der Waals surface area (Å²) in [5.74, 6) is 1.03. The smallest absolute Gasteiger partial charge is 0.122 e. The van der Waals surface area contributed by atoms with Crippen molar-refractivity contribution in [3.8, 4) is 5.75 Å². The normalized spacial score (nSPS) is 13.1. The largest absolute Gasteiger partial charge is 0.496 e. The minimum Gasteiger partial charge on any atom is -0.496 e. The van der Waals surface area contributed by atoms with Crippen molar-refractivity contribution < 1.29 is 4.74 Å². The Morgan fingerprint density at radius 1 is 1.38 bits per heavy atom. The van der Waals surface area contributed by atoms with E-state index >= 15 is 0 Å². The molecular weight excluding hydrogens is 160 g/mol. The third-order valence-corrected chi connectivity index (χ3v) is 2.56. The molecule has 0 aliphatic heterocycles. The third-order valence-electron chi connectivity index (χ3n) is 2.56. The average molecular weight is 174 g/mol. The molecule has 1 aliphatic carbocycles. The highest BCUT2D eigenvalue weighted by molar-refractivity contribution is 5.63. The number of ether oxygens (including phenoxy) is 1. The van der Waals surface area contributed by atoms with E-state index in [1.54, 1.807) is 7.11 Å². The molecule has 1 aromatic carbocycles. The SMILES string of the molecule is CCc1cc2c(cc1OC)CC=C2. The maximum atomic E-state index is 5.33. The molecule has 13 heavy (non-hydrogen) atoms. The maximum absolute atomic E-state index is 5.33. The summed E-state index contributed by atoms with van der Waals surface area (Å²) >= 11 is 0.